The summed E-state index contributed by atoms with van der Waals surface area (Å²) >= 11 is 17.5. The zero-order chi connectivity index (χ0) is 30.5. The van der Waals surface area contributed by atoms with E-state index in [0.717, 1.165) is 21.9 Å². The normalized spacial score (nSPS) is 32.0. The van der Waals surface area contributed by atoms with Gasteiger partial charge in [-0.1, -0.05) is 39.7 Å². The molecule has 42 heavy (non-hydrogen) atoms. The lowest BCUT2D eigenvalue weighted by Crippen LogP contribution is -2.60. The van der Waals surface area contributed by atoms with Gasteiger partial charge in [-0.05, 0) is 55.0 Å². The summed E-state index contributed by atoms with van der Waals surface area (Å²) in [5, 5.41) is 29.7. The fourth-order valence-corrected chi connectivity index (χ4v) is 8.51. The monoisotopic (exact) mass is 676 g/mol. The van der Waals surface area contributed by atoms with Crippen LogP contribution < -0.4 is 4.90 Å². The zero-order valence-electron chi connectivity index (χ0n) is 21.9. The second-order valence-electron chi connectivity index (χ2n) is 11.1. The molecular weight excluding hydrogens is 655 g/mol. The maximum atomic E-state index is 14.0. The van der Waals surface area contributed by atoms with Crippen molar-refractivity contribution in [3.63, 3.8) is 0 Å². The molecule has 6 rings (SSSR count). The third-order valence-electron chi connectivity index (χ3n) is 9.04. The molecular formula is C29H23BrCl2N2O8. The first-order valence-electron chi connectivity index (χ1n) is 13.0. The minimum absolute atomic E-state index is 0.00910. The average Bonchev–Trinajstić information content (AvgIpc) is 3.27. The van der Waals surface area contributed by atoms with Crippen molar-refractivity contribution >= 4 is 74.4 Å². The van der Waals surface area contributed by atoms with Gasteiger partial charge in [0.15, 0.2) is 9.75 Å². The molecule has 10 nitrogen and oxygen atoms in total. The van der Waals surface area contributed by atoms with E-state index in [0.29, 0.717) is 16.7 Å². The Kier molecular flexibility index (Phi) is 6.53. The van der Waals surface area contributed by atoms with Crippen molar-refractivity contribution < 1.29 is 39.3 Å². The first-order valence-corrected chi connectivity index (χ1v) is 14.9. The lowest BCUT2D eigenvalue weighted by atomic mass is 9.56. The van der Waals surface area contributed by atoms with Crippen LogP contribution in [-0.4, -0.2) is 65.0 Å². The van der Waals surface area contributed by atoms with Crippen LogP contribution in [0.25, 0.3) is 0 Å². The van der Waals surface area contributed by atoms with Crippen molar-refractivity contribution in [3.05, 3.63) is 64.7 Å². The van der Waals surface area contributed by atoms with Gasteiger partial charge in [-0.2, -0.15) is 0 Å². The Hall–Kier alpha value is -3.41. The molecule has 0 spiro atoms. The number of fused-ring (bicyclic) bond motifs is 4. The molecule has 2 saturated heterocycles. The molecule has 2 aliphatic carbocycles. The van der Waals surface area contributed by atoms with Gasteiger partial charge in [0.25, 0.3) is 11.8 Å². The van der Waals surface area contributed by atoms with Crippen molar-refractivity contribution in [3.8, 4) is 11.5 Å². The summed E-state index contributed by atoms with van der Waals surface area (Å²) in [6, 6.07) is 8.14. The molecule has 0 radical (unpaired) electrons. The second kappa shape index (κ2) is 9.55. The number of aryl methyl sites for hydroxylation is 1. The minimum atomic E-state index is -1.96. The van der Waals surface area contributed by atoms with E-state index in [1.54, 1.807) is 25.1 Å². The summed E-state index contributed by atoms with van der Waals surface area (Å²) in [6.45, 7) is 1.67. The summed E-state index contributed by atoms with van der Waals surface area (Å²) in [7, 11) is 0. The molecule has 2 aliphatic heterocycles. The van der Waals surface area contributed by atoms with E-state index in [1.165, 1.54) is 12.1 Å². The highest BCUT2D eigenvalue weighted by molar-refractivity contribution is 9.09. The summed E-state index contributed by atoms with van der Waals surface area (Å²) in [6.07, 6.45) is 1.73. The molecule has 2 aromatic rings. The van der Waals surface area contributed by atoms with Gasteiger partial charge in [0, 0.05) is 12.0 Å². The standard InChI is InChI=1S/C29H23BrCl2N2O8/c1-12-8-13(2-7-19(12)35)22-15-5-6-17-21(18(15)10-28(31)26(41)33(11-30)27(42)29(22,28)32)24(38)34(23(17)37)14-3-4-16(25(39)40)20(36)9-14/h2-5,7-9,17-18,21-22,35-36H,6,10-11H2,1H3,(H,39,40). The minimum Gasteiger partial charge on any atom is -0.508 e. The Balaban J connectivity index is 1.49. The number of hydrogen-bond acceptors (Lipinski definition) is 7. The second-order valence-corrected chi connectivity index (χ2v) is 12.8. The Morgan fingerprint density at radius 3 is 2.33 bits per heavy atom. The number of halogens is 3. The summed E-state index contributed by atoms with van der Waals surface area (Å²) < 4.78 is 0. The maximum Gasteiger partial charge on any atom is 0.339 e. The quantitative estimate of drug-likeness (QED) is 0.190. The number of carbonyl (C=O) groups excluding carboxylic acids is 4. The van der Waals surface area contributed by atoms with E-state index >= 15 is 0 Å². The van der Waals surface area contributed by atoms with Crippen molar-refractivity contribution in [2.45, 2.75) is 35.4 Å². The SMILES string of the molecule is Cc1cc(C2C3=CCC4C(=O)N(c5ccc(C(=O)O)c(O)c5)C(=O)C4C3CC3(Cl)C(=O)N(CBr)C(=O)C23Cl)ccc1O. The molecule has 1 saturated carbocycles. The number of carbonyl (C=O) groups is 5. The Bertz CT molecular complexity index is 1660. The molecule has 3 fully saturated rings. The molecule has 4 aliphatic rings. The molecule has 218 valence electrons. The van der Waals surface area contributed by atoms with Crippen LogP contribution in [0.4, 0.5) is 5.69 Å². The number of carboxylic acids is 1. The fourth-order valence-electron chi connectivity index (χ4n) is 7.08. The van der Waals surface area contributed by atoms with E-state index in [-0.39, 0.29) is 35.3 Å². The van der Waals surface area contributed by atoms with Crippen LogP contribution in [0.2, 0.25) is 0 Å². The number of allylic oxidation sites excluding steroid dienone is 2. The first-order chi connectivity index (χ1) is 19.8. The number of hydrogen-bond donors (Lipinski definition) is 3. The van der Waals surface area contributed by atoms with Crippen LogP contribution in [0.1, 0.15) is 40.2 Å². The van der Waals surface area contributed by atoms with E-state index in [1.807, 2.05) is 0 Å². The molecule has 2 heterocycles. The number of imide groups is 2. The maximum absolute atomic E-state index is 14.0. The molecule has 2 aromatic carbocycles. The van der Waals surface area contributed by atoms with Gasteiger partial charge >= 0.3 is 5.97 Å². The van der Waals surface area contributed by atoms with Crippen molar-refractivity contribution in [1.82, 2.24) is 4.90 Å². The highest BCUT2D eigenvalue weighted by Gasteiger charge is 2.76. The number of rotatable bonds is 4. The van der Waals surface area contributed by atoms with E-state index in [4.69, 9.17) is 23.2 Å². The van der Waals surface area contributed by atoms with E-state index < -0.39 is 68.8 Å². The lowest BCUT2D eigenvalue weighted by Gasteiger charge is -2.50. The molecule has 6 unspecified atom stereocenters. The molecule has 6 atom stereocenters. The van der Waals surface area contributed by atoms with Crippen LogP contribution in [0.3, 0.4) is 0 Å². The topological polar surface area (TPSA) is 153 Å². The fraction of sp³-hybridized carbons (Fsp3) is 0.345. The van der Waals surface area contributed by atoms with Gasteiger partial charge in [0.2, 0.25) is 11.8 Å². The number of aromatic hydroxyl groups is 2. The van der Waals surface area contributed by atoms with Crippen LogP contribution >= 0.6 is 39.1 Å². The third kappa shape index (κ3) is 3.59. The summed E-state index contributed by atoms with van der Waals surface area (Å²) in [5.41, 5.74) is 1.08. The van der Waals surface area contributed by atoms with Gasteiger partial charge in [-0.15, -0.1) is 23.2 Å². The number of phenolic OH excluding ortho intramolecular Hbond substituents is 1. The Morgan fingerprint density at radius 1 is 1.00 bits per heavy atom. The smallest absolute Gasteiger partial charge is 0.339 e. The van der Waals surface area contributed by atoms with Crippen LogP contribution in [0.5, 0.6) is 11.5 Å². The number of benzene rings is 2. The predicted molar refractivity (Wildman–Crippen MR) is 154 cm³/mol. The zero-order valence-corrected chi connectivity index (χ0v) is 25.0. The van der Waals surface area contributed by atoms with Gasteiger partial charge in [0.1, 0.15) is 17.1 Å². The van der Waals surface area contributed by atoms with Crippen molar-refractivity contribution in [2.75, 3.05) is 10.4 Å². The van der Waals surface area contributed by atoms with Gasteiger partial charge < -0.3 is 15.3 Å². The molecule has 13 heteroatoms. The number of likely N-dealkylation sites (tertiary alicyclic amines) is 1. The van der Waals surface area contributed by atoms with Gasteiger partial charge in [-0.25, -0.2) is 9.69 Å². The van der Waals surface area contributed by atoms with Crippen molar-refractivity contribution in [1.29, 1.82) is 0 Å². The van der Waals surface area contributed by atoms with Crippen LogP contribution in [-0.2, 0) is 19.2 Å². The summed E-state index contributed by atoms with van der Waals surface area (Å²) in [4.78, 5) is 64.4. The number of anilines is 1. The first kappa shape index (κ1) is 28.7. The Labute approximate surface area is 257 Å². The van der Waals surface area contributed by atoms with Gasteiger partial charge in [-0.3, -0.25) is 24.1 Å². The summed E-state index contributed by atoms with van der Waals surface area (Å²) in [5.74, 6) is -8.01. The largest absolute Gasteiger partial charge is 0.508 e. The van der Waals surface area contributed by atoms with E-state index in [2.05, 4.69) is 15.9 Å². The third-order valence-corrected chi connectivity index (χ3v) is 11.0. The number of alkyl halides is 3. The average molecular weight is 678 g/mol. The highest BCUT2D eigenvalue weighted by Crippen LogP contribution is 2.65. The van der Waals surface area contributed by atoms with Gasteiger partial charge in [0.05, 0.1) is 23.0 Å². The number of phenols is 2. The van der Waals surface area contributed by atoms with Crippen LogP contribution in [0.15, 0.2) is 48.0 Å². The number of amides is 4. The Morgan fingerprint density at radius 2 is 1.71 bits per heavy atom. The number of nitrogens with zero attached hydrogens (tertiary/aromatic N) is 2. The van der Waals surface area contributed by atoms with Crippen molar-refractivity contribution in [2.24, 2.45) is 17.8 Å². The molecule has 0 aromatic heterocycles. The molecule has 4 amide bonds. The predicted octanol–water partition coefficient (Wildman–Crippen LogP) is 4.02. The molecule has 0 bridgehead atoms. The highest BCUT2D eigenvalue weighted by atomic mass is 79.9. The number of carboxylic acid groups (broad SMARTS) is 1. The number of aromatic carboxylic acids is 1. The van der Waals surface area contributed by atoms with E-state index in [9.17, 15) is 39.3 Å². The molecule has 3 N–H and O–H groups in total. The van der Waals surface area contributed by atoms with Crippen LogP contribution in [0, 0.1) is 24.7 Å². The lowest BCUT2D eigenvalue weighted by molar-refractivity contribution is -0.138.